The van der Waals surface area contributed by atoms with E-state index in [9.17, 15) is 13.6 Å². The lowest BCUT2D eigenvalue weighted by molar-refractivity contribution is -0.123. The molecule has 150 valence electrons. The number of carbonyl (C=O) groups excluding carboxylic acids is 1. The standard InChI is InChI=1S/C19H29F2N5O/c1-23-19(25-13-15-12-16(20)4-5-17(15)21)24-8-2-3-9-26-10-6-14(7-11-26)18(22)27/h4-5,12,14H,2-3,6-11,13H2,1H3,(H2,22,27)(H2,23,24,25). The monoisotopic (exact) mass is 381 g/mol. The maximum absolute atomic E-state index is 13.6. The summed E-state index contributed by atoms with van der Waals surface area (Å²) in [4.78, 5) is 17.6. The van der Waals surface area contributed by atoms with E-state index in [1.807, 2.05) is 0 Å². The molecule has 0 aliphatic carbocycles. The van der Waals surface area contributed by atoms with Crippen molar-refractivity contribution in [3.05, 3.63) is 35.4 Å². The van der Waals surface area contributed by atoms with E-state index in [-0.39, 0.29) is 23.9 Å². The van der Waals surface area contributed by atoms with Gasteiger partial charge in [-0.15, -0.1) is 0 Å². The Balaban J connectivity index is 1.60. The molecular formula is C19H29F2N5O. The van der Waals surface area contributed by atoms with Crippen LogP contribution < -0.4 is 16.4 Å². The molecule has 1 aliphatic rings. The minimum Gasteiger partial charge on any atom is -0.369 e. The third-order valence-electron chi connectivity index (χ3n) is 4.86. The van der Waals surface area contributed by atoms with Crippen LogP contribution in [0.3, 0.4) is 0 Å². The first-order valence-electron chi connectivity index (χ1n) is 9.39. The van der Waals surface area contributed by atoms with Crippen LogP contribution in [0.2, 0.25) is 0 Å². The average Bonchev–Trinajstić information content (AvgIpc) is 2.66. The number of primary amides is 1. The zero-order chi connectivity index (χ0) is 19.6. The van der Waals surface area contributed by atoms with Crippen molar-refractivity contribution in [2.45, 2.75) is 32.2 Å². The molecule has 0 unspecified atom stereocenters. The first-order chi connectivity index (χ1) is 13.0. The predicted molar refractivity (Wildman–Crippen MR) is 102 cm³/mol. The van der Waals surface area contributed by atoms with Crippen LogP contribution in [0.1, 0.15) is 31.2 Å². The van der Waals surface area contributed by atoms with Gasteiger partial charge in [0.1, 0.15) is 11.6 Å². The van der Waals surface area contributed by atoms with Crippen LogP contribution in [-0.2, 0) is 11.3 Å². The highest BCUT2D eigenvalue weighted by Crippen LogP contribution is 2.16. The Labute approximate surface area is 159 Å². The molecule has 1 amide bonds. The highest BCUT2D eigenvalue weighted by atomic mass is 19.1. The van der Waals surface area contributed by atoms with Crippen LogP contribution in [0.15, 0.2) is 23.2 Å². The number of rotatable bonds is 8. The molecular weight excluding hydrogens is 352 g/mol. The van der Waals surface area contributed by atoms with Crippen molar-refractivity contribution in [1.29, 1.82) is 0 Å². The van der Waals surface area contributed by atoms with E-state index < -0.39 is 11.6 Å². The Kier molecular flexibility index (Phi) is 8.44. The molecule has 1 fully saturated rings. The van der Waals surface area contributed by atoms with Gasteiger partial charge in [-0.05, 0) is 63.5 Å². The number of amides is 1. The molecule has 1 aromatic rings. The fourth-order valence-electron chi connectivity index (χ4n) is 3.19. The van der Waals surface area contributed by atoms with Gasteiger partial charge in [-0.1, -0.05) is 0 Å². The molecule has 27 heavy (non-hydrogen) atoms. The van der Waals surface area contributed by atoms with Crippen LogP contribution in [0.5, 0.6) is 0 Å². The summed E-state index contributed by atoms with van der Waals surface area (Å²) >= 11 is 0. The summed E-state index contributed by atoms with van der Waals surface area (Å²) in [7, 11) is 1.64. The Hall–Kier alpha value is -2.22. The number of hydrogen-bond acceptors (Lipinski definition) is 3. The third-order valence-corrected chi connectivity index (χ3v) is 4.86. The van der Waals surface area contributed by atoms with Crippen LogP contribution >= 0.6 is 0 Å². The lowest BCUT2D eigenvalue weighted by atomic mass is 9.96. The van der Waals surface area contributed by atoms with E-state index >= 15 is 0 Å². The summed E-state index contributed by atoms with van der Waals surface area (Å²) in [6, 6.07) is 3.40. The van der Waals surface area contributed by atoms with Crippen molar-refractivity contribution >= 4 is 11.9 Å². The number of unbranched alkanes of at least 4 members (excludes halogenated alkanes) is 1. The molecule has 0 saturated carbocycles. The number of nitrogens with zero attached hydrogens (tertiary/aromatic N) is 2. The van der Waals surface area contributed by atoms with Crippen LogP contribution in [0.25, 0.3) is 0 Å². The van der Waals surface area contributed by atoms with Gasteiger partial charge in [-0.2, -0.15) is 0 Å². The van der Waals surface area contributed by atoms with Gasteiger partial charge in [-0.25, -0.2) is 8.78 Å². The number of nitrogens with one attached hydrogen (secondary N) is 2. The number of aliphatic imine (C=N–C) groups is 1. The van der Waals surface area contributed by atoms with Gasteiger partial charge in [0.05, 0.1) is 0 Å². The second-order valence-electron chi connectivity index (χ2n) is 6.81. The number of carbonyl (C=O) groups is 1. The lowest BCUT2D eigenvalue weighted by Crippen LogP contribution is -2.39. The van der Waals surface area contributed by atoms with E-state index in [1.165, 1.54) is 6.07 Å². The van der Waals surface area contributed by atoms with Crippen molar-refractivity contribution in [2.75, 3.05) is 33.2 Å². The smallest absolute Gasteiger partial charge is 0.220 e. The molecule has 0 aromatic heterocycles. The van der Waals surface area contributed by atoms with Gasteiger partial charge in [0.2, 0.25) is 5.91 Å². The highest BCUT2D eigenvalue weighted by molar-refractivity contribution is 5.79. The van der Waals surface area contributed by atoms with Gasteiger partial charge in [0.15, 0.2) is 5.96 Å². The number of piperidine rings is 1. The number of hydrogen-bond donors (Lipinski definition) is 3. The van der Waals surface area contributed by atoms with Crippen molar-refractivity contribution in [1.82, 2.24) is 15.5 Å². The molecule has 0 bridgehead atoms. The van der Waals surface area contributed by atoms with Gasteiger partial charge < -0.3 is 21.3 Å². The Morgan fingerprint density at radius 2 is 2.00 bits per heavy atom. The molecule has 0 radical (unpaired) electrons. The van der Waals surface area contributed by atoms with Gasteiger partial charge in [0, 0.05) is 31.6 Å². The summed E-state index contributed by atoms with van der Waals surface area (Å²) in [5, 5.41) is 6.16. The molecule has 1 heterocycles. The summed E-state index contributed by atoms with van der Waals surface area (Å²) in [5.41, 5.74) is 5.61. The first-order valence-corrected chi connectivity index (χ1v) is 9.39. The highest BCUT2D eigenvalue weighted by Gasteiger charge is 2.22. The molecule has 1 aliphatic heterocycles. The SMILES string of the molecule is CN=C(NCCCCN1CCC(C(N)=O)CC1)NCc1cc(F)ccc1F. The first kappa shape index (κ1) is 21.1. The summed E-state index contributed by atoms with van der Waals surface area (Å²) < 4.78 is 26.8. The van der Waals surface area contributed by atoms with Crippen molar-refractivity contribution in [2.24, 2.45) is 16.6 Å². The van der Waals surface area contributed by atoms with Crippen molar-refractivity contribution < 1.29 is 13.6 Å². The molecule has 0 spiro atoms. The zero-order valence-electron chi connectivity index (χ0n) is 15.8. The number of nitrogens with two attached hydrogens (primary N) is 1. The van der Waals surface area contributed by atoms with Gasteiger partial charge in [0.25, 0.3) is 0 Å². The summed E-state index contributed by atoms with van der Waals surface area (Å²) in [6.45, 7) is 3.74. The molecule has 6 nitrogen and oxygen atoms in total. The Morgan fingerprint density at radius 1 is 1.26 bits per heavy atom. The number of benzene rings is 1. The Morgan fingerprint density at radius 3 is 2.67 bits per heavy atom. The van der Waals surface area contributed by atoms with Crippen LogP contribution in [0.4, 0.5) is 8.78 Å². The quantitative estimate of drug-likeness (QED) is 0.363. The molecule has 1 aromatic carbocycles. The maximum atomic E-state index is 13.6. The second kappa shape index (κ2) is 10.8. The lowest BCUT2D eigenvalue weighted by Gasteiger charge is -2.30. The fraction of sp³-hybridized carbons (Fsp3) is 0.579. The maximum Gasteiger partial charge on any atom is 0.220 e. The molecule has 2 rings (SSSR count). The number of guanidine groups is 1. The topological polar surface area (TPSA) is 82.8 Å². The van der Waals surface area contributed by atoms with Crippen molar-refractivity contribution in [3.8, 4) is 0 Å². The normalized spacial score (nSPS) is 16.3. The van der Waals surface area contributed by atoms with E-state index in [1.54, 1.807) is 7.05 Å². The summed E-state index contributed by atoms with van der Waals surface area (Å²) in [6.07, 6.45) is 3.69. The van der Waals surface area contributed by atoms with Crippen LogP contribution in [0, 0.1) is 17.6 Å². The minimum absolute atomic E-state index is 0.0280. The molecule has 0 atom stereocenters. The minimum atomic E-state index is -0.462. The second-order valence-corrected chi connectivity index (χ2v) is 6.81. The number of halogens is 2. The largest absolute Gasteiger partial charge is 0.369 e. The average molecular weight is 381 g/mol. The van der Waals surface area contributed by atoms with E-state index in [0.29, 0.717) is 5.96 Å². The Bertz CT molecular complexity index is 645. The zero-order valence-corrected chi connectivity index (χ0v) is 15.8. The molecule has 4 N–H and O–H groups in total. The fourth-order valence-corrected chi connectivity index (χ4v) is 3.19. The van der Waals surface area contributed by atoms with E-state index in [4.69, 9.17) is 5.73 Å². The predicted octanol–water partition coefficient (Wildman–Crippen LogP) is 1.61. The number of likely N-dealkylation sites (tertiary alicyclic amines) is 1. The molecule has 1 saturated heterocycles. The molecule has 8 heteroatoms. The van der Waals surface area contributed by atoms with E-state index in [2.05, 4.69) is 20.5 Å². The van der Waals surface area contributed by atoms with Gasteiger partial charge >= 0.3 is 0 Å². The summed E-state index contributed by atoms with van der Waals surface area (Å²) in [5.74, 6) is -0.507. The van der Waals surface area contributed by atoms with Gasteiger partial charge in [-0.3, -0.25) is 9.79 Å². The third kappa shape index (κ3) is 7.13. The van der Waals surface area contributed by atoms with Crippen molar-refractivity contribution in [3.63, 3.8) is 0 Å². The van der Waals surface area contributed by atoms with E-state index in [0.717, 1.165) is 64.0 Å². The van der Waals surface area contributed by atoms with Crippen LogP contribution in [-0.4, -0.2) is 50.0 Å².